The Kier molecular flexibility index (Phi) is 3.33. The summed E-state index contributed by atoms with van der Waals surface area (Å²) < 4.78 is 39.7. The van der Waals surface area contributed by atoms with Crippen LogP contribution in [0.5, 0.6) is 0 Å². The highest BCUT2D eigenvalue weighted by Gasteiger charge is 2.32. The van der Waals surface area contributed by atoms with E-state index in [1.165, 1.54) is 29.1 Å². The number of hydrogen-bond acceptors (Lipinski definition) is 3. The van der Waals surface area contributed by atoms with Crippen LogP contribution in [0.2, 0.25) is 0 Å². The van der Waals surface area contributed by atoms with Crippen molar-refractivity contribution in [3.8, 4) is 0 Å². The third-order valence-electron chi connectivity index (χ3n) is 2.50. The topological polar surface area (TPSA) is 50.9 Å². The lowest BCUT2D eigenvalue weighted by molar-refractivity contribution is -0.138. The minimum Gasteiger partial charge on any atom is -0.388 e. The summed E-state index contributed by atoms with van der Waals surface area (Å²) in [6.07, 6.45) is -3.11. The highest BCUT2D eigenvalue weighted by molar-refractivity contribution is 5.30. The van der Waals surface area contributed by atoms with Crippen molar-refractivity contribution < 1.29 is 18.3 Å². The number of nitrogens with zero attached hydrogens (tertiary/aromatic N) is 3. The van der Waals surface area contributed by atoms with Gasteiger partial charge in [0.05, 0.1) is 12.1 Å². The summed E-state index contributed by atoms with van der Waals surface area (Å²) >= 11 is 0. The van der Waals surface area contributed by atoms with E-state index in [0.29, 0.717) is 0 Å². The van der Waals surface area contributed by atoms with E-state index in [-0.39, 0.29) is 24.5 Å². The second-order valence-electron chi connectivity index (χ2n) is 3.69. The molecule has 2 aromatic rings. The molecular formula is C11H10F3N3O. The minimum atomic E-state index is -4.40. The molecule has 0 aliphatic heterocycles. The fraction of sp³-hybridized carbons (Fsp3) is 0.273. The molecular weight excluding hydrogens is 247 g/mol. The molecule has 0 atom stereocenters. The van der Waals surface area contributed by atoms with E-state index >= 15 is 0 Å². The Labute approximate surface area is 101 Å². The van der Waals surface area contributed by atoms with Gasteiger partial charge in [-0.2, -0.15) is 13.2 Å². The third-order valence-corrected chi connectivity index (χ3v) is 2.50. The van der Waals surface area contributed by atoms with Gasteiger partial charge in [-0.05, 0) is 11.6 Å². The average Bonchev–Trinajstić information content (AvgIpc) is 2.75. The molecule has 0 spiro atoms. The molecule has 0 amide bonds. The molecule has 0 fully saturated rings. The van der Waals surface area contributed by atoms with Crippen LogP contribution in [0.25, 0.3) is 0 Å². The molecule has 18 heavy (non-hydrogen) atoms. The van der Waals surface area contributed by atoms with Crippen LogP contribution in [0.4, 0.5) is 13.2 Å². The first kappa shape index (κ1) is 12.6. The van der Waals surface area contributed by atoms with Gasteiger partial charge >= 0.3 is 6.18 Å². The first-order valence-corrected chi connectivity index (χ1v) is 5.15. The highest BCUT2D eigenvalue weighted by atomic mass is 19.4. The van der Waals surface area contributed by atoms with Crippen molar-refractivity contribution in [2.24, 2.45) is 0 Å². The SMILES string of the molecule is OCc1nncn1Cc1ccccc1C(F)(F)F. The van der Waals surface area contributed by atoms with E-state index in [9.17, 15) is 13.2 Å². The standard InChI is InChI=1S/C11H10F3N3O/c12-11(13,14)9-4-2-1-3-8(9)5-17-7-15-16-10(17)6-18/h1-4,7,18H,5-6H2. The molecule has 2 rings (SSSR count). The predicted octanol–water partition coefficient (Wildman–Crippen LogP) is 1.84. The number of hydrogen-bond donors (Lipinski definition) is 1. The molecule has 0 unspecified atom stereocenters. The van der Waals surface area contributed by atoms with Crippen molar-refractivity contribution >= 4 is 0 Å². The normalized spacial score (nSPS) is 11.8. The van der Waals surface area contributed by atoms with Crippen LogP contribution in [0, 0.1) is 0 Å². The molecule has 0 saturated heterocycles. The summed E-state index contributed by atoms with van der Waals surface area (Å²) in [6.45, 7) is -0.396. The molecule has 0 aliphatic rings. The van der Waals surface area contributed by atoms with Gasteiger partial charge in [0.15, 0.2) is 5.82 Å². The Morgan fingerprint density at radius 3 is 2.61 bits per heavy atom. The van der Waals surface area contributed by atoms with Gasteiger partial charge in [0.25, 0.3) is 0 Å². The fourth-order valence-electron chi connectivity index (χ4n) is 1.65. The Bertz CT molecular complexity index is 536. The second-order valence-corrected chi connectivity index (χ2v) is 3.69. The van der Waals surface area contributed by atoms with Crippen LogP contribution < -0.4 is 0 Å². The van der Waals surface area contributed by atoms with E-state index in [0.717, 1.165) is 6.07 Å². The summed E-state index contributed by atoms with van der Waals surface area (Å²) in [5, 5.41) is 16.1. The summed E-state index contributed by atoms with van der Waals surface area (Å²) in [5.74, 6) is 0.229. The van der Waals surface area contributed by atoms with Crippen molar-refractivity contribution in [1.82, 2.24) is 14.8 Å². The van der Waals surface area contributed by atoms with Gasteiger partial charge in [-0.25, -0.2) is 0 Å². The zero-order valence-electron chi connectivity index (χ0n) is 9.22. The maximum absolute atomic E-state index is 12.8. The molecule has 7 heteroatoms. The smallest absolute Gasteiger partial charge is 0.388 e. The van der Waals surface area contributed by atoms with Crippen LogP contribution in [0.3, 0.4) is 0 Å². The Morgan fingerprint density at radius 1 is 1.22 bits per heavy atom. The second kappa shape index (κ2) is 4.77. The zero-order valence-corrected chi connectivity index (χ0v) is 9.22. The van der Waals surface area contributed by atoms with Crippen LogP contribution in [-0.4, -0.2) is 19.9 Å². The van der Waals surface area contributed by atoms with Gasteiger partial charge in [0.1, 0.15) is 12.9 Å². The zero-order chi connectivity index (χ0) is 13.2. The Morgan fingerprint density at radius 2 is 1.94 bits per heavy atom. The van der Waals surface area contributed by atoms with E-state index in [1.807, 2.05) is 0 Å². The molecule has 0 bridgehead atoms. The van der Waals surface area contributed by atoms with Gasteiger partial charge in [-0.15, -0.1) is 10.2 Å². The lowest BCUT2D eigenvalue weighted by Gasteiger charge is -2.13. The third kappa shape index (κ3) is 2.51. The number of benzene rings is 1. The van der Waals surface area contributed by atoms with Crippen molar-refractivity contribution in [3.63, 3.8) is 0 Å². The van der Waals surface area contributed by atoms with Crippen molar-refractivity contribution in [2.45, 2.75) is 19.3 Å². The van der Waals surface area contributed by atoms with Crippen molar-refractivity contribution in [3.05, 3.63) is 47.5 Å². The number of halogens is 3. The van der Waals surface area contributed by atoms with Gasteiger partial charge in [-0.1, -0.05) is 18.2 Å². The number of aromatic nitrogens is 3. The maximum Gasteiger partial charge on any atom is 0.416 e. The lowest BCUT2D eigenvalue weighted by atomic mass is 10.1. The molecule has 1 aromatic carbocycles. The molecule has 0 radical (unpaired) electrons. The Hall–Kier alpha value is -1.89. The summed E-state index contributed by atoms with van der Waals surface area (Å²) in [5.41, 5.74) is -0.581. The van der Waals surface area contributed by atoms with Gasteiger partial charge in [0, 0.05) is 0 Å². The first-order chi connectivity index (χ1) is 8.52. The molecule has 1 aromatic heterocycles. The average molecular weight is 257 g/mol. The molecule has 1 heterocycles. The molecule has 0 aliphatic carbocycles. The number of rotatable bonds is 3. The minimum absolute atomic E-state index is 0.0292. The molecule has 1 N–H and O–H groups in total. The summed E-state index contributed by atoms with van der Waals surface area (Å²) in [6, 6.07) is 5.29. The molecule has 4 nitrogen and oxygen atoms in total. The van der Waals surface area contributed by atoms with Gasteiger partial charge < -0.3 is 9.67 Å². The fourth-order valence-corrected chi connectivity index (χ4v) is 1.65. The van der Waals surface area contributed by atoms with Crippen LogP contribution in [-0.2, 0) is 19.3 Å². The highest BCUT2D eigenvalue weighted by Crippen LogP contribution is 2.32. The first-order valence-electron chi connectivity index (χ1n) is 5.15. The van der Waals surface area contributed by atoms with Crippen LogP contribution in [0.1, 0.15) is 17.0 Å². The predicted molar refractivity (Wildman–Crippen MR) is 56.5 cm³/mol. The largest absolute Gasteiger partial charge is 0.416 e. The summed E-state index contributed by atoms with van der Waals surface area (Å²) in [7, 11) is 0. The van der Waals surface area contributed by atoms with E-state index < -0.39 is 11.7 Å². The van der Waals surface area contributed by atoms with E-state index in [1.54, 1.807) is 0 Å². The molecule has 96 valence electrons. The number of alkyl halides is 3. The summed E-state index contributed by atoms with van der Waals surface area (Å²) in [4.78, 5) is 0. The van der Waals surface area contributed by atoms with Gasteiger partial charge in [0.2, 0.25) is 0 Å². The maximum atomic E-state index is 12.8. The lowest BCUT2D eigenvalue weighted by Crippen LogP contribution is -2.12. The number of aliphatic hydroxyl groups is 1. The Balaban J connectivity index is 2.35. The quantitative estimate of drug-likeness (QED) is 0.912. The monoisotopic (exact) mass is 257 g/mol. The van der Waals surface area contributed by atoms with E-state index in [4.69, 9.17) is 5.11 Å². The van der Waals surface area contributed by atoms with E-state index in [2.05, 4.69) is 10.2 Å². The van der Waals surface area contributed by atoms with Crippen LogP contribution in [0.15, 0.2) is 30.6 Å². The molecule has 0 saturated carbocycles. The van der Waals surface area contributed by atoms with Gasteiger partial charge in [-0.3, -0.25) is 0 Å². The van der Waals surface area contributed by atoms with Crippen molar-refractivity contribution in [2.75, 3.05) is 0 Å². The van der Waals surface area contributed by atoms with Crippen LogP contribution >= 0.6 is 0 Å². The van der Waals surface area contributed by atoms with Crippen molar-refractivity contribution in [1.29, 1.82) is 0 Å². The number of aliphatic hydroxyl groups excluding tert-OH is 1.